The Kier molecular flexibility index (Phi) is 5.27. The van der Waals surface area contributed by atoms with Gasteiger partial charge >= 0.3 is 0 Å². The lowest BCUT2D eigenvalue weighted by Gasteiger charge is -2.09. The lowest BCUT2D eigenvalue weighted by molar-refractivity contribution is -0.121. The van der Waals surface area contributed by atoms with E-state index in [-0.39, 0.29) is 11.8 Å². The molecular weight excluding hydrogens is 332 g/mol. The van der Waals surface area contributed by atoms with Gasteiger partial charge in [0.1, 0.15) is 0 Å². The summed E-state index contributed by atoms with van der Waals surface area (Å²) in [5.41, 5.74) is 0.707. The van der Waals surface area contributed by atoms with Gasteiger partial charge in [0.05, 0.1) is 5.52 Å². The number of nitrogens with zero attached hydrogens (tertiary/aromatic N) is 3. The van der Waals surface area contributed by atoms with Gasteiger partial charge in [-0.25, -0.2) is 0 Å². The van der Waals surface area contributed by atoms with Gasteiger partial charge in [0.15, 0.2) is 11.4 Å². The second-order valence-corrected chi connectivity index (χ2v) is 6.11. The van der Waals surface area contributed by atoms with Crippen LogP contribution in [-0.2, 0) is 4.79 Å². The van der Waals surface area contributed by atoms with Crippen molar-refractivity contribution >= 4 is 22.7 Å². The van der Waals surface area contributed by atoms with Crippen LogP contribution < -0.4 is 10.6 Å². The molecular formula is C18H20N6O2. The second kappa shape index (κ2) is 7.78. The minimum atomic E-state index is -0.446. The van der Waals surface area contributed by atoms with E-state index in [0.29, 0.717) is 44.5 Å². The normalized spacial score (nSPS) is 14.0. The molecule has 0 fully saturated rings. The molecule has 2 aromatic rings. The van der Waals surface area contributed by atoms with Gasteiger partial charge in [0, 0.05) is 44.2 Å². The Labute approximate surface area is 150 Å². The molecule has 0 bridgehead atoms. The highest BCUT2D eigenvalue weighted by Gasteiger charge is 2.39. The van der Waals surface area contributed by atoms with E-state index in [4.69, 9.17) is 6.42 Å². The van der Waals surface area contributed by atoms with E-state index in [1.54, 1.807) is 0 Å². The van der Waals surface area contributed by atoms with Crippen LogP contribution in [0.25, 0.3) is 10.9 Å². The van der Waals surface area contributed by atoms with Crippen LogP contribution in [0.15, 0.2) is 34.5 Å². The average molecular weight is 352 g/mol. The number of hydrogen-bond donors (Lipinski definition) is 3. The first-order valence-electron chi connectivity index (χ1n) is 8.49. The number of H-pyrrole nitrogens is 1. The highest BCUT2D eigenvalue weighted by molar-refractivity contribution is 6.04. The molecule has 2 heterocycles. The standard InChI is InChI=1S/C18H20N6O2/c1-2-3-9-18(23-24-18)10-8-15(25)19-11-12-20-17(26)16-13-6-4-5-7-14(13)21-22-16/h1,4-7H,3,8-12H2,(H,19,25)(H,20,26)(H,21,22). The van der Waals surface area contributed by atoms with Crippen LogP contribution >= 0.6 is 0 Å². The van der Waals surface area contributed by atoms with E-state index in [1.807, 2.05) is 24.3 Å². The van der Waals surface area contributed by atoms with Crippen molar-refractivity contribution in [3.05, 3.63) is 30.0 Å². The summed E-state index contributed by atoms with van der Waals surface area (Å²) in [6, 6.07) is 7.41. The number of aromatic nitrogens is 2. The zero-order chi connectivity index (χ0) is 18.4. The molecule has 3 N–H and O–H groups in total. The highest BCUT2D eigenvalue weighted by Crippen LogP contribution is 2.37. The summed E-state index contributed by atoms with van der Waals surface area (Å²) < 4.78 is 0. The summed E-state index contributed by atoms with van der Waals surface area (Å²) in [6.45, 7) is 0.668. The quantitative estimate of drug-likeness (QED) is 0.472. The first-order valence-corrected chi connectivity index (χ1v) is 8.49. The Morgan fingerprint density at radius 3 is 2.69 bits per heavy atom. The van der Waals surface area contributed by atoms with Crippen molar-refractivity contribution in [1.29, 1.82) is 0 Å². The number of amides is 2. The molecule has 0 saturated carbocycles. The third kappa shape index (κ3) is 4.25. The molecule has 0 spiro atoms. The topological polar surface area (TPSA) is 112 Å². The number of carbonyl (C=O) groups is 2. The van der Waals surface area contributed by atoms with Crippen LogP contribution in [0, 0.1) is 12.3 Å². The lowest BCUT2D eigenvalue weighted by Crippen LogP contribution is -2.35. The summed E-state index contributed by atoms with van der Waals surface area (Å²) in [5, 5.41) is 21.1. The van der Waals surface area contributed by atoms with E-state index in [0.717, 1.165) is 10.9 Å². The van der Waals surface area contributed by atoms with E-state index >= 15 is 0 Å². The van der Waals surface area contributed by atoms with Gasteiger partial charge in [-0.1, -0.05) is 18.2 Å². The fourth-order valence-corrected chi connectivity index (χ4v) is 2.67. The molecule has 0 radical (unpaired) electrons. The van der Waals surface area contributed by atoms with Gasteiger partial charge in [-0.15, -0.1) is 12.3 Å². The fraction of sp³-hybridized carbons (Fsp3) is 0.389. The van der Waals surface area contributed by atoms with Crippen molar-refractivity contribution in [2.45, 2.75) is 31.3 Å². The van der Waals surface area contributed by atoms with Crippen molar-refractivity contribution in [3.63, 3.8) is 0 Å². The maximum absolute atomic E-state index is 12.2. The van der Waals surface area contributed by atoms with Crippen molar-refractivity contribution in [3.8, 4) is 12.3 Å². The first kappa shape index (κ1) is 17.6. The predicted molar refractivity (Wildman–Crippen MR) is 96.3 cm³/mol. The van der Waals surface area contributed by atoms with Crippen molar-refractivity contribution < 1.29 is 9.59 Å². The molecule has 0 atom stereocenters. The maximum atomic E-state index is 12.2. The number of hydrogen-bond acceptors (Lipinski definition) is 5. The van der Waals surface area contributed by atoms with Gasteiger partial charge in [0.25, 0.3) is 5.91 Å². The number of nitrogens with one attached hydrogen (secondary N) is 3. The van der Waals surface area contributed by atoms with Crippen LogP contribution in [0.1, 0.15) is 36.2 Å². The Bertz CT molecular complexity index is 873. The largest absolute Gasteiger partial charge is 0.354 e. The third-order valence-electron chi connectivity index (χ3n) is 4.22. The first-order chi connectivity index (χ1) is 12.6. The van der Waals surface area contributed by atoms with Crippen LogP contribution in [0.3, 0.4) is 0 Å². The monoisotopic (exact) mass is 352 g/mol. The molecule has 8 heteroatoms. The Hall–Kier alpha value is -3.21. The summed E-state index contributed by atoms with van der Waals surface area (Å²) >= 11 is 0. The molecule has 8 nitrogen and oxygen atoms in total. The van der Waals surface area contributed by atoms with Crippen molar-refractivity contribution in [2.24, 2.45) is 10.2 Å². The Morgan fingerprint density at radius 2 is 1.92 bits per heavy atom. The van der Waals surface area contributed by atoms with E-state index in [1.165, 1.54) is 0 Å². The van der Waals surface area contributed by atoms with E-state index in [2.05, 4.69) is 37.0 Å². The number of terminal acetylenes is 1. The summed E-state index contributed by atoms with van der Waals surface area (Å²) in [4.78, 5) is 24.1. The SMILES string of the molecule is C#CCCC1(CCC(=O)NCCNC(=O)c2n[nH]c3ccccc23)N=N1. The third-order valence-corrected chi connectivity index (χ3v) is 4.22. The Balaban J connectivity index is 1.35. The molecule has 2 amide bonds. The molecule has 0 aliphatic carbocycles. The minimum absolute atomic E-state index is 0.0955. The molecule has 26 heavy (non-hydrogen) atoms. The smallest absolute Gasteiger partial charge is 0.272 e. The molecule has 1 aliphatic heterocycles. The highest BCUT2D eigenvalue weighted by atomic mass is 16.2. The zero-order valence-corrected chi connectivity index (χ0v) is 14.3. The van der Waals surface area contributed by atoms with Gasteiger partial charge in [0.2, 0.25) is 5.91 Å². The molecule has 3 rings (SSSR count). The molecule has 0 unspecified atom stereocenters. The number of aromatic amines is 1. The molecule has 1 aromatic carbocycles. The second-order valence-electron chi connectivity index (χ2n) is 6.11. The van der Waals surface area contributed by atoms with Crippen molar-refractivity contribution in [1.82, 2.24) is 20.8 Å². The minimum Gasteiger partial charge on any atom is -0.354 e. The molecule has 134 valence electrons. The summed E-state index contributed by atoms with van der Waals surface area (Å²) in [6.07, 6.45) is 7.41. The average Bonchev–Trinajstić information content (AvgIpc) is 3.30. The molecule has 1 aromatic heterocycles. The zero-order valence-electron chi connectivity index (χ0n) is 14.3. The van der Waals surface area contributed by atoms with Gasteiger partial charge in [-0.05, 0) is 6.07 Å². The van der Waals surface area contributed by atoms with Gasteiger partial charge in [-0.2, -0.15) is 15.3 Å². The van der Waals surface area contributed by atoms with Crippen LogP contribution in [0.2, 0.25) is 0 Å². The predicted octanol–water partition coefficient (Wildman–Crippen LogP) is 1.76. The number of rotatable bonds is 9. The van der Waals surface area contributed by atoms with Gasteiger partial charge < -0.3 is 10.6 Å². The van der Waals surface area contributed by atoms with Crippen molar-refractivity contribution in [2.75, 3.05) is 13.1 Å². The number of carbonyl (C=O) groups excluding carboxylic acids is 2. The summed E-state index contributed by atoms with van der Waals surface area (Å²) in [7, 11) is 0. The van der Waals surface area contributed by atoms with Crippen LogP contribution in [-0.4, -0.2) is 40.8 Å². The Morgan fingerprint density at radius 1 is 1.15 bits per heavy atom. The number of fused-ring (bicyclic) bond motifs is 1. The molecule has 0 saturated heterocycles. The maximum Gasteiger partial charge on any atom is 0.272 e. The van der Waals surface area contributed by atoms with E-state index in [9.17, 15) is 9.59 Å². The van der Waals surface area contributed by atoms with Crippen LogP contribution in [0.5, 0.6) is 0 Å². The summed E-state index contributed by atoms with van der Waals surface area (Å²) in [5.74, 6) is 2.19. The number of benzene rings is 1. The lowest BCUT2D eigenvalue weighted by atomic mass is 10.0. The van der Waals surface area contributed by atoms with Crippen LogP contribution in [0.4, 0.5) is 0 Å². The van der Waals surface area contributed by atoms with E-state index < -0.39 is 5.66 Å². The fourth-order valence-electron chi connectivity index (χ4n) is 2.67. The number of para-hydroxylation sites is 1. The molecule has 1 aliphatic rings. The van der Waals surface area contributed by atoms with Gasteiger partial charge in [-0.3, -0.25) is 14.7 Å².